The summed E-state index contributed by atoms with van der Waals surface area (Å²) in [5.41, 5.74) is 5.39. The van der Waals surface area contributed by atoms with Gasteiger partial charge in [0.05, 0.1) is 12.8 Å². The minimum absolute atomic E-state index is 0.146. The van der Waals surface area contributed by atoms with Crippen LogP contribution in [0.4, 0.5) is 10.5 Å². The predicted molar refractivity (Wildman–Crippen MR) is 143 cm³/mol. The summed E-state index contributed by atoms with van der Waals surface area (Å²) in [5, 5.41) is 0. The molecule has 0 radical (unpaired) electrons. The minimum atomic E-state index is -0.146. The number of amides is 1. The van der Waals surface area contributed by atoms with Crippen LogP contribution in [-0.4, -0.2) is 43.8 Å². The van der Waals surface area contributed by atoms with Crippen LogP contribution < -0.4 is 9.64 Å². The van der Waals surface area contributed by atoms with Crippen LogP contribution in [0, 0.1) is 5.92 Å². The summed E-state index contributed by atoms with van der Waals surface area (Å²) in [6.45, 7) is 3.32. The first-order valence-corrected chi connectivity index (χ1v) is 14.1. The van der Waals surface area contributed by atoms with Crippen molar-refractivity contribution < 1.29 is 14.3 Å². The normalized spacial score (nSPS) is 27.5. The molecular formula is C31H40N2O3. The van der Waals surface area contributed by atoms with E-state index in [0.29, 0.717) is 12.5 Å². The van der Waals surface area contributed by atoms with Crippen molar-refractivity contribution in [2.45, 2.75) is 82.3 Å². The van der Waals surface area contributed by atoms with E-state index < -0.39 is 0 Å². The van der Waals surface area contributed by atoms with Gasteiger partial charge in [0.2, 0.25) is 0 Å². The number of piperidine rings is 1. The molecule has 1 saturated carbocycles. The van der Waals surface area contributed by atoms with E-state index in [1.807, 2.05) is 37.4 Å². The van der Waals surface area contributed by atoms with E-state index in [9.17, 15) is 4.79 Å². The predicted octanol–water partition coefficient (Wildman–Crippen LogP) is 6.47. The van der Waals surface area contributed by atoms with Crippen LogP contribution in [0.2, 0.25) is 0 Å². The van der Waals surface area contributed by atoms with Gasteiger partial charge >= 0.3 is 6.09 Å². The molecule has 2 aliphatic carbocycles. The van der Waals surface area contributed by atoms with E-state index in [4.69, 9.17) is 9.47 Å². The summed E-state index contributed by atoms with van der Waals surface area (Å²) in [5.74, 6) is 1.54. The molecule has 2 aromatic carbocycles. The highest BCUT2D eigenvalue weighted by atomic mass is 16.6. The van der Waals surface area contributed by atoms with Crippen LogP contribution in [0.15, 0.2) is 42.5 Å². The van der Waals surface area contributed by atoms with Gasteiger partial charge < -0.3 is 19.3 Å². The topological polar surface area (TPSA) is 42.0 Å². The highest BCUT2D eigenvalue weighted by Gasteiger charge is 2.55. The number of ether oxygens (including phenoxy) is 2. The average molecular weight is 489 g/mol. The van der Waals surface area contributed by atoms with Gasteiger partial charge in [0, 0.05) is 31.1 Å². The van der Waals surface area contributed by atoms with Gasteiger partial charge in [-0.2, -0.15) is 0 Å². The second-order valence-corrected chi connectivity index (χ2v) is 11.3. The number of hydrogen-bond donors (Lipinski definition) is 0. The van der Waals surface area contributed by atoms with Gasteiger partial charge in [-0.3, -0.25) is 0 Å². The van der Waals surface area contributed by atoms with Crippen molar-refractivity contribution in [3.63, 3.8) is 0 Å². The largest absolute Gasteiger partial charge is 0.495 e. The number of carbonyl (C=O) groups excluding carboxylic acids is 1. The van der Waals surface area contributed by atoms with Crippen molar-refractivity contribution in [3.05, 3.63) is 59.2 Å². The monoisotopic (exact) mass is 488 g/mol. The van der Waals surface area contributed by atoms with Gasteiger partial charge in [0.1, 0.15) is 12.4 Å². The Morgan fingerprint density at radius 3 is 2.56 bits per heavy atom. The number of anilines is 1. The van der Waals surface area contributed by atoms with Crippen molar-refractivity contribution in [1.29, 1.82) is 0 Å². The van der Waals surface area contributed by atoms with Gasteiger partial charge in [0.25, 0.3) is 0 Å². The molecule has 3 atom stereocenters. The lowest BCUT2D eigenvalue weighted by atomic mass is 9.52. The lowest BCUT2D eigenvalue weighted by Gasteiger charge is -2.58. The first-order valence-electron chi connectivity index (χ1n) is 14.1. The fraction of sp³-hybridized carbons (Fsp3) is 0.581. The van der Waals surface area contributed by atoms with Gasteiger partial charge in [-0.15, -0.1) is 0 Å². The SMILES string of the molecule is COc1cc2c(cc1N1CCCCCC1)C[C@H]1[C@H]3CCCC[C@@]23CCN1C(=O)OCc1ccccc1. The van der Waals surface area contributed by atoms with E-state index in [1.165, 1.54) is 68.2 Å². The van der Waals surface area contributed by atoms with Crippen LogP contribution in [-0.2, 0) is 23.2 Å². The number of rotatable bonds is 4. The molecule has 36 heavy (non-hydrogen) atoms. The van der Waals surface area contributed by atoms with Crippen molar-refractivity contribution >= 4 is 11.8 Å². The molecule has 2 saturated heterocycles. The number of methoxy groups -OCH3 is 1. The van der Waals surface area contributed by atoms with E-state index in [2.05, 4.69) is 21.9 Å². The smallest absolute Gasteiger partial charge is 0.410 e. The Hall–Kier alpha value is -2.69. The number of carbonyl (C=O) groups is 1. The zero-order valence-corrected chi connectivity index (χ0v) is 21.7. The zero-order valence-electron chi connectivity index (χ0n) is 21.7. The second kappa shape index (κ2) is 9.99. The third-order valence-corrected chi connectivity index (χ3v) is 9.52. The quantitative estimate of drug-likeness (QED) is 0.495. The minimum Gasteiger partial charge on any atom is -0.495 e. The zero-order chi connectivity index (χ0) is 24.5. The van der Waals surface area contributed by atoms with Crippen LogP contribution in [0.1, 0.15) is 74.5 Å². The molecule has 0 N–H and O–H groups in total. The maximum Gasteiger partial charge on any atom is 0.410 e. The van der Waals surface area contributed by atoms with Gasteiger partial charge in [-0.25, -0.2) is 4.79 Å². The molecule has 2 bridgehead atoms. The van der Waals surface area contributed by atoms with Crippen LogP contribution >= 0.6 is 0 Å². The maximum atomic E-state index is 13.4. The fourth-order valence-corrected chi connectivity index (χ4v) is 7.78. The molecule has 0 unspecified atom stereocenters. The average Bonchev–Trinajstić information content (AvgIpc) is 3.21. The van der Waals surface area contributed by atoms with Crippen molar-refractivity contribution in [2.75, 3.05) is 31.6 Å². The molecule has 6 rings (SSSR count). The molecule has 0 spiro atoms. The van der Waals surface area contributed by atoms with Crippen LogP contribution in [0.25, 0.3) is 0 Å². The number of benzene rings is 2. The first kappa shape index (κ1) is 23.7. The number of nitrogens with zero attached hydrogens (tertiary/aromatic N) is 2. The highest BCUT2D eigenvalue weighted by molar-refractivity contribution is 5.70. The Morgan fingerprint density at radius 2 is 1.78 bits per heavy atom. The maximum absolute atomic E-state index is 13.4. The molecule has 1 amide bonds. The molecule has 5 nitrogen and oxygen atoms in total. The Kier molecular flexibility index (Phi) is 6.57. The Balaban J connectivity index is 1.32. The Bertz CT molecular complexity index is 1080. The summed E-state index contributed by atoms with van der Waals surface area (Å²) in [4.78, 5) is 18.0. The molecule has 2 aliphatic heterocycles. The summed E-state index contributed by atoms with van der Waals surface area (Å²) in [6.07, 6.45) is 11.9. The Labute approximate surface area is 215 Å². The van der Waals surface area contributed by atoms with Crippen LogP contribution in [0.5, 0.6) is 5.75 Å². The summed E-state index contributed by atoms with van der Waals surface area (Å²) < 4.78 is 11.9. The molecular weight excluding hydrogens is 448 g/mol. The first-order chi connectivity index (χ1) is 17.7. The lowest BCUT2D eigenvalue weighted by molar-refractivity contribution is -0.0137. The summed E-state index contributed by atoms with van der Waals surface area (Å²) >= 11 is 0. The molecule has 2 aromatic rings. The van der Waals surface area contributed by atoms with Gasteiger partial charge in [0.15, 0.2) is 0 Å². The van der Waals surface area contributed by atoms with E-state index in [0.717, 1.165) is 43.8 Å². The standard InChI is InChI=1S/C31H40N2O3/c1-35-29-21-26-24(20-28(29)32-16-9-2-3-10-17-32)19-27-25-13-7-8-14-31(25,26)15-18-33(27)30(34)36-22-23-11-5-4-6-12-23/h4-6,11-12,20-21,25,27H,2-3,7-10,13-19,22H2,1H3/t25-,27+,31+/m1/s1. The third kappa shape index (κ3) is 4.14. The van der Waals surface area contributed by atoms with Crippen molar-refractivity contribution in [2.24, 2.45) is 5.92 Å². The number of likely N-dealkylation sites (tertiary alicyclic amines) is 1. The number of hydrogen-bond acceptors (Lipinski definition) is 4. The molecule has 2 heterocycles. The van der Waals surface area contributed by atoms with Crippen LogP contribution in [0.3, 0.4) is 0 Å². The lowest BCUT2D eigenvalue weighted by Crippen LogP contribution is -2.62. The Morgan fingerprint density at radius 1 is 0.972 bits per heavy atom. The van der Waals surface area contributed by atoms with E-state index >= 15 is 0 Å². The fourth-order valence-electron chi connectivity index (χ4n) is 7.78. The molecule has 3 fully saturated rings. The molecule has 4 aliphatic rings. The summed E-state index contributed by atoms with van der Waals surface area (Å²) in [7, 11) is 1.83. The van der Waals surface area contributed by atoms with Gasteiger partial charge in [-0.05, 0) is 73.3 Å². The summed E-state index contributed by atoms with van der Waals surface area (Å²) in [6, 6.07) is 15.1. The highest BCUT2D eigenvalue weighted by Crippen LogP contribution is 2.57. The van der Waals surface area contributed by atoms with Crippen molar-refractivity contribution in [3.8, 4) is 5.75 Å². The molecule has 0 aromatic heterocycles. The molecule has 192 valence electrons. The second-order valence-electron chi connectivity index (χ2n) is 11.3. The van der Waals surface area contributed by atoms with E-state index in [1.54, 1.807) is 0 Å². The van der Waals surface area contributed by atoms with Gasteiger partial charge in [-0.1, -0.05) is 56.0 Å². The van der Waals surface area contributed by atoms with Crippen molar-refractivity contribution in [1.82, 2.24) is 4.90 Å². The molecule has 5 heteroatoms. The van der Waals surface area contributed by atoms with E-state index in [-0.39, 0.29) is 17.6 Å². The third-order valence-electron chi connectivity index (χ3n) is 9.52. The number of fused-ring (bicyclic) bond motifs is 1.